The summed E-state index contributed by atoms with van der Waals surface area (Å²) in [6.07, 6.45) is 5.65. The van der Waals surface area contributed by atoms with Gasteiger partial charge < -0.3 is 20.5 Å². The Morgan fingerprint density at radius 1 is 1.08 bits per heavy atom. The van der Waals surface area contributed by atoms with Crippen molar-refractivity contribution in [2.24, 2.45) is 5.73 Å². The zero-order chi connectivity index (χ0) is 18.1. The van der Waals surface area contributed by atoms with Crippen molar-refractivity contribution in [1.82, 2.24) is 9.88 Å². The molecular formula is C20H26N4O2. The van der Waals surface area contributed by atoms with E-state index < -0.39 is 5.91 Å². The molecule has 26 heavy (non-hydrogen) atoms. The van der Waals surface area contributed by atoms with Gasteiger partial charge in [-0.3, -0.25) is 9.59 Å². The number of carbonyl (C=O) groups is 1. The third-order valence-electron chi connectivity index (χ3n) is 5.67. The van der Waals surface area contributed by atoms with Gasteiger partial charge in [0.2, 0.25) is 5.91 Å². The monoisotopic (exact) mass is 354 g/mol. The minimum Gasteiger partial charge on any atom is -0.369 e. The summed E-state index contributed by atoms with van der Waals surface area (Å²) in [7, 11) is 0. The lowest BCUT2D eigenvalue weighted by atomic mass is 9.98. The highest BCUT2D eigenvalue weighted by Gasteiger charge is 2.23. The van der Waals surface area contributed by atoms with Crippen LogP contribution < -0.4 is 16.2 Å². The Balaban J connectivity index is 1.71. The SMILES string of the molecule is NC(=O)c1ccc2[nH]c(=O)c3c(c2c1)N(CCN1CCCCC1)CCC3. The Morgan fingerprint density at radius 2 is 1.88 bits per heavy atom. The number of fused-ring (bicyclic) bond motifs is 3. The fraction of sp³-hybridized carbons (Fsp3) is 0.500. The van der Waals surface area contributed by atoms with Gasteiger partial charge in [-0.25, -0.2) is 0 Å². The molecule has 0 atom stereocenters. The van der Waals surface area contributed by atoms with Crippen LogP contribution in [-0.4, -0.2) is 48.5 Å². The molecule has 0 saturated carbocycles. The molecule has 2 aliphatic heterocycles. The molecule has 6 nitrogen and oxygen atoms in total. The largest absolute Gasteiger partial charge is 0.369 e. The number of primary amides is 1. The number of nitrogens with one attached hydrogen (secondary N) is 1. The molecule has 4 rings (SSSR count). The molecule has 0 spiro atoms. The predicted octanol–water partition coefficient (Wildman–Crippen LogP) is 1.87. The lowest BCUT2D eigenvalue weighted by Gasteiger charge is -2.35. The van der Waals surface area contributed by atoms with Crippen LogP contribution in [0, 0.1) is 0 Å². The Kier molecular flexibility index (Phi) is 4.68. The fourth-order valence-corrected chi connectivity index (χ4v) is 4.29. The molecule has 1 saturated heterocycles. The van der Waals surface area contributed by atoms with Gasteiger partial charge in [0.25, 0.3) is 5.56 Å². The number of aromatic nitrogens is 1. The molecule has 3 heterocycles. The van der Waals surface area contributed by atoms with Gasteiger partial charge in [-0.1, -0.05) is 6.42 Å². The first kappa shape index (κ1) is 17.1. The maximum atomic E-state index is 12.6. The van der Waals surface area contributed by atoms with Crippen LogP contribution in [0.15, 0.2) is 23.0 Å². The summed E-state index contributed by atoms with van der Waals surface area (Å²) in [5, 5.41) is 0.925. The van der Waals surface area contributed by atoms with E-state index in [0.29, 0.717) is 5.56 Å². The van der Waals surface area contributed by atoms with Gasteiger partial charge in [-0.2, -0.15) is 0 Å². The number of hydrogen-bond acceptors (Lipinski definition) is 4. The third kappa shape index (κ3) is 3.21. The first-order valence-corrected chi connectivity index (χ1v) is 9.59. The number of pyridine rings is 1. The maximum Gasteiger partial charge on any atom is 0.253 e. The molecule has 2 aromatic rings. The zero-order valence-corrected chi connectivity index (χ0v) is 15.1. The van der Waals surface area contributed by atoms with Crippen molar-refractivity contribution in [3.8, 4) is 0 Å². The highest BCUT2D eigenvalue weighted by Crippen LogP contribution is 2.32. The van der Waals surface area contributed by atoms with Crippen molar-refractivity contribution in [2.75, 3.05) is 37.6 Å². The number of anilines is 1. The second kappa shape index (κ2) is 7.11. The zero-order valence-electron chi connectivity index (χ0n) is 15.1. The van der Waals surface area contributed by atoms with E-state index in [2.05, 4.69) is 14.8 Å². The minimum atomic E-state index is -0.442. The molecule has 1 aromatic carbocycles. The number of likely N-dealkylation sites (tertiary alicyclic amines) is 1. The van der Waals surface area contributed by atoms with Crippen LogP contribution in [0.25, 0.3) is 10.9 Å². The number of aromatic amines is 1. The van der Waals surface area contributed by atoms with Gasteiger partial charge in [0.1, 0.15) is 0 Å². The van der Waals surface area contributed by atoms with E-state index in [4.69, 9.17) is 5.73 Å². The van der Waals surface area contributed by atoms with Crippen molar-refractivity contribution in [3.63, 3.8) is 0 Å². The van der Waals surface area contributed by atoms with Gasteiger partial charge in [-0.05, 0) is 57.0 Å². The van der Waals surface area contributed by atoms with Gasteiger partial charge in [0.15, 0.2) is 0 Å². The number of benzene rings is 1. The average molecular weight is 354 g/mol. The number of nitrogens with two attached hydrogens (primary N) is 1. The fourth-order valence-electron chi connectivity index (χ4n) is 4.29. The lowest BCUT2D eigenvalue weighted by Crippen LogP contribution is -2.41. The Morgan fingerprint density at radius 3 is 2.65 bits per heavy atom. The number of rotatable bonds is 4. The van der Waals surface area contributed by atoms with Crippen LogP contribution in [-0.2, 0) is 6.42 Å². The van der Waals surface area contributed by atoms with E-state index in [1.54, 1.807) is 12.1 Å². The molecule has 0 bridgehead atoms. The highest BCUT2D eigenvalue weighted by molar-refractivity contribution is 6.01. The van der Waals surface area contributed by atoms with E-state index >= 15 is 0 Å². The topological polar surface area (TPSA) is 82.4 Å². The quantitative estimate of drug-likeness (QED) is 0.878. The number of H-pyrrole nitrogens is 1. The van der Waals surface area contributed by atoms with Crippen molar-refractivity contribution in [2.45, 2.75) is 32.1 Å². The Bertz CT molecular complexity index is 883. The van der Waals surface area contributed by atoms with Crippen LogP contribution in [0.2, 0.25) is 0 Å². The molecule has 3 N–H and O–H groups in total. The van der Waals surface area contributed by atoms with E-state index in [1.165, 1.54) is 32.4 Å². The Hall–Kier alpha value is -2.34. The third-order valence-corrected chi connectivity index (χ3v) is 5.67. The normalized spacial score (nSPS) is 18.1. The van der Waals surface area contributed by atoms with Crippen LogP contribution in [0.3, 0.4) is 0 Å². The Labute approximate surface area is 153 Å². The predicted molar refractivity (Wildman–Crippen MR) is 104 cm³/mol. The summed E-state index contributed by atoms with van der Waals surface area (Å²) in [5.41, 5.74) is 8.54. The van der Waals surface area contributed by atoms with Crippen LogP contribution in [0.5, 0.6) is 0 Å². The molecule has 1 amide bonds. The number of amides is 1. The van der Waals surface area contributed by atoms with Gasteiger partial charge in [0, 0.05) is 36.1 Å². The van der Waals surface area contributed by atoms with E-state index in [9.17, 15) is 9.59 Å². The molecule has 0 radical (unpaired) electrons. The van der Waals surface area contributed by atoms with Crippen molar-refractivity contribution >= 4 is 22.5 Å². The molecule has 138 valence electrons. The highest BCUT2D eigenvalue weighted by atomic mass is 16.1. The number of carbonyl (C=O) groups excluding carboxylic acids is 1. The first-order chi connectivity index (χ1) is 12.6. The number of nitrogens with zero attached hydrogens (tertiary/aromatic N) is 2. The maximum absolute atomic E-state index is 12.6. The average Bonchev–Trinajstić information content (AvgIpc) is 2.67. The molecule has 0 unspecified atom stereocenters. The molecule has 0 aliphatic carbocycles. The summed E-state index contributed by atoms with van der Waals surface area (Å²) < 4.78 is 0. The molecule has 6 heteroatoms. The summed E-state index contributed by atoms with van der Waals surface area (Å²) in [6, 6.07) is 5.29. The standard InChI is InChI=1S/C20H26N4O2/c21-19(25)14-6-7-17-16(13-14)18-15(20(26)22-17)5-4-10-24(18)12-11-23-8-2-1-3-9-23/h6-7,13H,1-5,8-12H2,(H2,21,25)(H,22,26). The summed E-state index contributed by atoms with van der Waals surface area (Å²) >= 11 is 0. The van der Waals surface area contributed by atoms with Crippen LogP contribution >= 0.6 is 0 Å². The smallest absolute Gasteiger partial charge is 0.253 e. The molecular weight excluding hydrogens is 328 g/mol. The second-order valence-corrected chi connectivity index (χ2v) is 7.40. The second-order valence-electron chi connectivity index (χ2n) is 7.40. The van der Waals surface area contributed by atoms with Crippen molar-refractivity contribution in [1.29, 1.82) is 0 Å². The van der Waals surface area contributed by atoms with E-state index in [1.807, 2.05) is 6.07 Å². The summed E-state index contributed by atoms with van der Waals surface area (Å²) in [6.45, 7) is 5.21. The van der Waals surface area contributed by atoms with Gasteiger partial charge in [0.05, 0.1) is 11.2 Å². The lowest BCUT2D eigenvalue weighted by molar-refractivity contribution is 0.100. The van der Waals surface area contributed by atoms with E-state index in [-0.39, 0.29) is 5.56 Å². The van der Waals surface area contributed by atoms with Crippen LogP contribution in [0.1, 0.15) is 41.6 Å². The van der Waals surface area contributed by atoms with Gasteiger partial charge in [-0.15, -0.1) is 0 Å². The van der Waals surface area contributed by atoms with Crippen molar-refractivity contribution < 1.29 is 4.79 Å². The molecule has 2 aliphatic rings. The van der Waals surface area contributed by atoms with E-state index in [0.717, 1.165) is 54.6 Å². The van der Waals surface area contributed by atoms with Crippen LogP contribution in [0.4, 0.5) is 5.69 Å². The van der Waals surface area contributed by atoms with Crippen molar-refractivity contribution in [3.05, 3.63) is 39.7 Å². The van der Waals surface area contributed by atoms with Gasteiger partial charge >= 0.3 is 0 Å². The minimum absolute atomic E-state index is 0.0120. The number of piperidine rings is 1. The summed E-state index contributed by atoms with van der Waals surface area (Å²) in [5.74, 6) is -0.442. The first-order valence-electron chi connectivity index (χ1n) is 9.59. The molecule has 1 aromatic heterocycles. The summed E-state index contributed by atoms with van der Waals surface area (Å²) in [4.78, 5) is 32.0. The number of hydrogen-bond donors (Lipinski definition) is 2. The molecule has 1 fully saturated rings.